The van der Waals surface area contributed by atoms with Crippen LogP contribution in [0.4, 0.5) is 5.69 Å². The van der Waals surface area contributed by atoms with Crippen molar-refractivity contribution < 1.29 is 9.47 Å². The number of thiocarbonyl (C=S) groups is 1. The number of nitrogens with zero attached hydrogens (tertiary/aromatic N) is 2. The van der Waals surface area contributed by atoms with E-state index in [1.54, 1.807) is 0 Å². The molecule has 0 bridgehead atoms. The molecule has 0 atom stereocenters. The molecule has 4 rings (SSSR count). The molecule has 182 valence electrons. The highest BCUT2D eigenvalue weighted by atomic mass is 32.1. The van der Waals surface area contributed by atoms with Gasteiger partial charge in [0.2, 0.25) is 0 Å². The molecule has 1 saturated heterocycles. The molecule has 9 heteroatoms. The third-order valence-electron chi connectivity index (χ3n) is 5.43. The van der Waals surface area contributed by atoms with Crippen molar-refractivity contribution >= 4 is 34.7 Å². The van der Waals surface area contributed by atoms with Crippen molar-refractivity contribution in [1.82, 2.24) is 15.2 Å². The van der Waals surface area contributed by atoms with Crippen LogP contribution in [0.25, 0.3) is 0 Å². The fraction of sp³-hybridized carbons (Fsp3) is 0.269. The highest BCUT2D eigenvalue weighted by molar-refractivity contribution is 7.80. The Morgan fingerprint density at radius 3 is 2.54 bits per heavy atom. The minimum absolute atomic E-state index is 0.198. The van der Waals surface area contributed by atoms with Crippen molar-refractivity contribution in [3.05, 3.63) is 89.7 Å². The van der Waals surface area contributed by atoms with E-state index in [9.17, 15) is 0 Å². The molecule has 0 spiro atoms. The summed E-state index contributed by atoms with van der Waals surface area (Å²) in [7, 11) is 0. The van der Waals surface area contributed by atoms with Crippen LogP contribution in [0.2, 0.25) is 0 Å². The number of rotatable bonds is 8. The smallest absolute Gasteiger partial charge is 0.170 e. The number of hydrogen-bond donors (Lipinski definition) is 4. The van der Waals surface area contributed by atoms with Crippen LogP contribution in [0.5, 0.6) is 0 Å². The Morgan fingerprint density at radius 1 is 1.06 bits per heavy atom. The molecular weight excluding hydrogens is 460 g/mol. The van der Waals surface area contributed by atoms with Gasteiger partial charge in [0, 0.05) is 37.1 Å². The lowest BCUT2D eigenvalue weighted by Gasteiger charge is -2.29. The van der Waals surface area contributed by atoms with E-state index in [0.717, 1.165) is 41.4 Å². The highest BCUT2D eigenvalue weighted by Gasteiger charge is 2.18. The Kier molecular flexibility index (Phi) is 8.99. The summed E-state index contributed by atoms with van der Waals surface area (Å²) < 4.78 is 11.1. The second-order valence-corrected chi connectivity index (χ2v) is 8.37. The lowest BCUT2D eigenvalue weighted by molar-refractivity contribution is 0.0682. The number of morpholine rings is 1. The lowest BCUT2D eigenvalue weighted by Crippen LogP contribution is -2.41. The number of amidine groups is 2. The highest BCUT2D eigenvalue weighted by Crippen LogP contribution is 2.13. The Balaban J connectivity index is 1.27. The van der Waals surface area contributed by atoms with Crippen LogP contribution in [0, 0.1) is 5.41 Å². The molecule has 0 aliphatic carbocycles. The summed E-state index contributed by atoms with van der Waals surface area (Å²) in [5.74, 6) is 0.953. The quantitative estimate of drug-likeness (QED) is 0.167. The van der Waals surface area contributed by atoms with Gasteiger partial charge < -0.3 is 30.0 Å². The molecule has 1 aromatic heterocycles. The maximum Gasteiger partial charge on any atom is 0.170 e. The van der Waals surface area contributed by atoms with Crippen molar-refractivity contribution in [2.75, 3.05) is 44.8 Å². The summed E-state index contributed by atoms with van der Waals surface area (Å²) in [6.07, 6.45) is 1.86. The van der Waals surface area contributed by atoms with Crippen molar-refractivity contribution in [3.63, 3.8) is 0 Å². The standard InChI is InChI=1S/C26H30N6O2S/c27-24(31-25(23-7-4-12-28-23)32-14-17-33-18-15-32)21-8-10-22(11-9-21)30-26(35)29-13-16-34-19-20-5-2-1-3-6-20/h1-12,27-28H,13-19H2,(H2,29,30,35). The van der Waals surface area contributed by atoms with Gasteiger partial charge in [0.1, 0.15) is 0 Å². The Labute approximate surface area is 210 Å². The average molecular weight is 491 g/mol. The summed E-state index contributed by atoms with van der Waals surface area (Å²) in [4.78, 5) is 10.0. The summed E-state index contributed by atoms with van der Waals surface area (Å²) in [5, 5.41) is 15.4. The van der Waals surface area contributed by atoms with Gasteiger partial charge in [-0.3, -0.25) is 5.41 Å². The van der Waals surface area contributed by atoms with Gasteiger partial charge in [-0.1, -0.05) is 30.3 Å². The van der Waals surface area contributed by atoms with Crippen molar-refractivity contribution in [1.29, 1.82) is 5.41 Å². The summed E-state index contributed by atoms with van der Waals surface area (Å²) in [5.41, 5.74) is 3.60. The van der Waals surface area contributed by atoms with Gasteiger partial charge in [-0.25, -0.2) is 4.99 Å². The average Bonchev–Trinajstić information content (AvgIpc) is 3.43. The normalized spacial score (nSPS) is 13.9. The third kappa shape index (κ3) is 7.48. The van der Waals surface area contributed by atoms with Crippen LogP contribution < -0.4 is 10.6 Å². The fourth-order valence-corrected chi connectivity index (χ4v) is 3.82. The van der Waals surface area contributed by atoms with Gasteiger partial charge in [-0.15, -0.1) is 0 Å². The zero-order chi connectivity index (χ0) is 24.3. The molecule has 35 heavy (non-hydrogen) atoms. The molecule has 0 radical (unpaired) electrons. The van der Waals surface area contributed by atoms with Crippen molar-refractivity contribution in [2.45, 2.75) is 6.61 Å². The van der Waals surface area contributed by atoms with Crippen LogP contribution >= 0.6 is 12.2 Å². The van der Waals surface area contributed by atoms with Crippen LogP contribution in [0.15, 0.2) is 77.9 Å². The van der Waals surface area contributed by atoms with Gasteiger partial charge in [0.05, 0.1) is 32.1 Å². The van der Waals surface area contributed by atoms with Crippen LogP contribution in [-0.4, -0.2) is 66.1 Å². The number of nitrogens with one attached hydrogen (secondary N) is 4. The second-order valence-electron chi connectivity index (χ2n) is 7.96. The topological polar surface area (TPSA) is 97.8 Å². The molecule has 3 aromatic rings. The molecule has 1 aliphatic heterocycles. The van der Waals surface area contributed by atoms with E-state index < -0.39 is 0 Å². The zero-order valence-corrected chi connectivity index (χ0v) is 20.3. The first-order valence-electron chi connectivity index (χ1n) is 11.6. The molecule has 0 saturated carbocycles. The Bertz CT molecular complexity index is 1110. The number of benzene rings is 2. The first-order valence-corrected chi connectivity index (χ1v) is 12.0. The van der Waals surface area contributed by atoms with E-state index in [-0.39, 0.29) is 5.84 Å². The van der Waals surface area contributed by atoms with Crippen LogP contribution in [-0.2, 0) is 16.1 Å². The molecule has 0 unspecified atom stereocenters. The maximum absolute atomic E-state index is 8.55. The molecule has 4 N–H and O–H groups in total. The predicted octanol–water partition coefficient (Wildman–Crippen LogP) is 3.62. The summed E-state index contributed by atoms with van der Waals surface area (Å²) in [6.45, 7) is 4.54. The molecule has 2 aromatic carbocycles. The predicted molar refractivity (Wildman–Crippen MR) is 143 cm³/mol. The zero-order valence-electron chi connectivity index (χ0n) is 19.5. The first-order chi connectivity index (χ1) is 17.2. The van der Waals surface area contributed by atoms with Gasteiger partial charge >= 0.3 is 0 Å². The van der Waals surface area contributed by atoms with Crippen LogP contribution in [0.3, 0.4) is 0 Å². The number of hydrogen-bond acceptors (Lipinski definition) is 4. The van der Waals surface area contributed by atoms with Gasteiger partial charge in [-0.05, 0) is 54.2 Å². The molecular formula is C26H30N6O2S. The maximum atomic E-state index is 8.55. The monoisotopic (exact) mass is 490 g/mol. The molecule has 1 fully saturated rings. The van der Waals surface area contributed by atoms with Crippen molar-refractivity contribution in [3.8, 4) is 0 Å². The number of aliphatic imine (C=N–C) groups is 1. The number of H-pyrrole nitrogens is 1. The lowest BCUT2D eigenvalue weighted by atomic mass is 10.2. The van der Waals surface area contributed by atoms with Crippen LogP contribution in [0.1, 0.15) is 16.8 Å². The minimum atomic E-state index is 0.198. The Morgan fingerprint density at radius 2 is 1.83 bits per heavy atom. The second kappa shape index (κ2) is 12.8. The van der Waals surface area contributed by atoms with Crippen molar-refractivity contribution in [2.24, 2.45) is 4.99 Å². The molecule has 1 aliphatic rings. The third-order valence-corrected chi connectivity index (χ3v) is 5.67. The van der Waals surface area contributed by atoms with E-state index in [0.29, 0.717) is 38.1 Å². The van der Waals surface area contributed by atoms with Gasteiger partial charge in [-0.2, -0.15) is 0 Å². The van der Waals surface area contributed by atoms with E-state index in [2.05, 4.69) is 25.5 Å². The Hall–Kier alpha value is -3.53. The van der Waals surface area contributed by atoms with E-state index >= 15 is 0 Å². The molecule has 0 amide bonds. The first kappa shape index (κ1) is 24.6. The molecule has 2 heterocycles. The van der Waals surface area contributed by atoms with Gasteiger partial charge in [0.25, 0.3) is 0 Å². The summed E-state index contributed by atoms with van der Waals surface area (Å²) >= 11 is 5.38. The molecule has 8 nitrogen and oxygen atoms in total. The van der Waals surface area contributed by atoms with E-state index in [4.69, 9.17) is 27.1 Å². The van der Waals surface area contributed by atoms with E-state index in [1.807, 2.05) is 72.9 Å². The summed E-state index contributed by atoms with van der Waals surface area (Å²) in [6, 6.07) is 21.5. The number of anilines is 1. The number of aromatic amines is 1. The largest absolute Gasteiger partial charge is 0.378 e. The number of ether oxygens (including phenoxy) is 2. The number of aromatic nitrogens is 1. The van der Waals surface area contributed by atoms with Gasteiger partial charge in [0.15, 0.2) is 16.8 Å². The fourth-order valence-electron chi connectivity index (χ4n) is 3.60. The van der Waals surface area contributed by atoms with E-state index in [1.165, 1.54) is 0 Å². The minimum Gasteiger partial charge on any atom is -0.378 e. The SMILES string of the molecule is N=C(N=C(c1ccc[nH]1)N1CCOCC1)c1ccc(NC(=S)NCCOCc2ccccc2)cc1.